The summed E-state index contributed by atoms with van der Waals surface area (Å²) in [7, 11) is 1.48. The van der Waals surface area contributed by atoms with Gasteiger partial charge in [-0.15, -0.1) is 11.6 Å². The fourth-order valence-corrected chi connectivity index (χ4v) is 1.12. The molecule has 0 spiro atoms. The lowest BCUT2D eigenvalue weighted by Crippen LogP contribution is -2.31. The Kier molecular flexibility index (Phi) is 5.00. The van der Waals surface area contributed by atoms with E-state index in [2.05, 4.69) is 0 Å². The number of hydrogen-bond acceptors (Lipinski definition) is 1. The van der Waals surface area contributed by atoms with E-state index in [9.17, 15) is 4.39 Å². The molecule has 3 atom stereocenters. The Morgan fingerprint density at radius 1 is 1.60 bits per heavy atom. The molecule has 3 unspecified atom stereocenters. The van der Waals surface area contributed by atoms with E-state index in [1.54, 1.807) is 13.8 Å². The molecule has 0 rings (SSSR count). The SMILES string of the molecule is CCC(F)C(OC)C(C)Cl. The van der Waals surface area contributed by atoms with Gasteiger partial charge in [-0.05, 0) is 13.3 Å². The zero-order valence-corrected chi connectivity index (χ0v) is 7.36. The van der Waals surface area contributed by atoms with Gasteiger partial charge >= 0.3 is 0 Å². The molecule has 0 aromatic heterocycles. The molecule has 0 N–H and O–H groups in total. The van der Waals surface area contributed by atoms with E-state index in [1.165, 1.54) is 7.11 Å². The second-order valence-corrected chi connectivity index (χ2v) is 2.99. The van der Waals surface area contributed by atoms with Gasteiger partial charge in [0, 0.05) is 7.11 Å². The predicted molar refractivity (Wildman–Crippen MR) is 41.3 cm³/mol. The molecule has 0 aromatic carbocycles. The van der Waals surface area contributed by atoms with Crippen LogP contribution in [0.25, 0.3) is 0 Å². The summed E-state index contributed by atoms with van der Waals surface area (Å²) >= 11 is 5.65. The minimum absolute atomic E-state index is 0.264. The van der Waals surface area contributed by atoms with Crippen LogP contribution >= 0.6 is 11.6 Å². The first-order chi connectivity index (χ1) is 4.63. The first kappa shape index (κ1) is 10.2. The maximum Gasteiger partial charge on any atom is 0.127 e. The molecule has 0 aliphatic rings. The Balaban J connectivity index is 3.80. The Hall–Kier alpha value is 0.180. The molecule has 62 valence electrons. The molecule has 0 fully saturated rings. The van der Waals surface area contributed by atoms with Crippen LogP contribution in [0.3, 0.4) is 0 Å². The molecule has 3 heteroatoms. The van der Waals surface area contributed by atoms with E-state index in [4.69, 9.17) is 16.3 Å². The quantitative estimate of drug-likeness (QED) is 0.586. The predicted octanol–water partition coefficient (Wildman–Crippen LogP) is 2.38. The summed E-state index contributed by atoms with van der Waals surface area (Å²) in [5.74, 6) is 0. The summed E-state index contributed by atoms with van der Waals surface area (Å²) in [5.41, 5.74) is 0. The Bertz CT molecular complexity index is 87.7. The van der Waals surface area contributed by atoms with Crippen molar-refractivity contribution in [2.24, 2.45) is 0 Å². The van der Waals surface area contributed by atoms with Crippen molar-refractivity contribution in [1.29, 1.82) is 0 Å². The maximum atomic E-state index is 12.8. The lowest BCUT2D eigenvalue weighted by atomic mass is 10.1. The van der Waals surface area contributed by atoms with Gasteiger partial charge in [0.1, 0.15) is 12.3 Å². The summed E-state index contributed by atoms with van der Waals surface area (Å²) < 4.78 is 17.7. The van der Waals surface area contributed by atoms with Gasteiger partial charge in [0.25, 0.3) is 0 Å². The number of ether oxygens (including phenoxy) is 1. The molecule has 0 aromatic rings. The topological polar surface area (TPSA) is 9.23 Å². The van der Waals surface area contributed by atoms with Crippen molar-refractivity contribution in [3.8, 4) is 0 Å². The van der Waals surface area contributed by atoms with Crippen LogP contribution in [0.15, 0.2) is 0 Å². The van der Waals surface area contributed by atoms with Crippen molar-refractivity contribution < 1.29 is 9.13 Å². The molecular formula is C7H14ClFO. The minimum Gasteiger partial charge on any atom is -0.377 e. The van der Waals surface area contributed by atoms with Gasteiger partial charge in [-0.25, -0.2) is 4.39 Å². The fraction of sp³-hybridized carbons (Fsp3) is 1.00. The fourth-order valence-electron chi connectivity index (χ4n) is 0.855. The number of methoxy groups -OCH3 is 1. The third kappa shape index (κ3) is 2.84. The van der Waals surface area contributed by atoms with Crippen LogP contribution in [-0.2, 0) is 4.74 Å². The van der Waals surface area contributed by atoms with E-state index in [0.29, 0.717) is 6.42 Å². The van der Waals surface area contributed by atoms with E-state index in [1.807, 2.05) is 0 Å². The number of rotatable bonds is 4. The second-order valence-electron chi connectivity index (χ2n) is 2.30. The van der Waals surface area contributed by atoms with Crippen LogP contribution in [0.2, 0.25) is 0 Å². The molecule has 0 amide bonds. The zero-order valence-electron chi connectivity index (χ0n) is 6.60. The zero-order chi connectivity index (χ0) is 8.15. The number of halogens is 2. The minimum atomic E-state index is -0.947. The Labute approximate surface area is 66.5 Å². The molecule has 0 heterocycles. The summed E-state index contributed by atoms with van der Waals surface area (Å²) in [6.07, 6.45) is -0.959. The van der Waals surface area contributed by atoms with E-state index < -0.39 is 12.3 Å². The van der Waals surface area contributed by atoms with Gasteiger partial charge in [0.2, 0.25) is 0 Å². The average molecular weight is 169 g/mol. The smallest absolute Gasteiger partial charge is 0.127 e. The van der Waals surface area contributed by atoms with E-state index in [-0.39, 0.29) is 5.38 Å². The lowest BCUT2D eigenvalue weighted by Gasteiger charge is -2.20. The highest BCUT2D eigenvalue weighted by Gasteiger charge is 2.23. The van der Waals surface area contributed by atoms with Gasteiger partial charge in [-0.1, -0.05) is 6.92 Å². The molecule has 0 aliphatic heterocycles. The maximum absolute atomic E-state index is 12.8. The second kappa shape index (κ2) is 4.91. The monoisotopic (exact) mass is 168 g/mol. The summed E-state index contributed by atoms with van der Waals surface area (Å²) in [5, 5.41) is -0.264. The van der Waals surface area contributed by atoms with Crippen molar-refractivity contribution in [2.75, 3.05) is 7.11 Å². The van der Waals surface area contributed by atoms with Gasteiger partial charge in [-0.3, -0.25) is 0 Å². The first-order valence-electron chi connectivity index (χ1n) is 3.44. The summed E-state index contributed by atoms with van der Waals surface area (Å²) in [6.45, 7) is 3.51. The first-order valence-corrected chi connectivity index (χ1v) is 3.88. The Morgan fingerprint density at radius 3 is 2.20 bits per heavy atom. The molecule has 0 saturated heterocycles. The van der Waals surface area contributed by atoms with Crippen LogP contribution in [0.4, 0.5) is 4.39 Å². The van der Waals surface area contributed by atoms with Crippen LogP contribution in [0.1, 0.15) is 20.3 Å². The molecule has 0 saturated carbocycles. The van der Waals surface area contributed by atoms with Crippen LogP contribution < -0.4 is 0 Å². The average Bonchev–Trinajstić information content (AvgIpc) is 1.88. The van der Waals surface area contributed by atoms with Crippen molar-refractivity contribution in [2.45, 2.75) is 37.9 Å². The lowest BCUT2D eigenvalue weighted by molar-refractivity contribution is 0.0311. The van der Waals surface area contributed by atoms with Crippen LogP contribution in [0, 0.1) is 0 Å². The van der Waals surface area contributed by atoms with E-state index in [0.717, 1.165) is 0 Å². The third-order valence-electron chi connectivity index (χ3n) is 1.47. The summed E-state index contributed by atoms with van der Waals surface area (Å²) in [6, 6.07) is 0. The largest absolute Gasteiger partial charge is 0.377 e. The van der Waals surface area contributed by atoms with Gasteiger partial charge in [-0.2, -0.15) is 0 Å². The van der Waals surface area contributed by atoms with Crippen molar-refractivity contribution >= 4 is 11.6 Å². The van der Waals surface area contributed by atoms with Crippen molar-refractivity contribution in [1.82, 2.24) is 0 Å². The molecule has 0 radical (unpaired) electrons. The van der Waals surface area contributed by atoms with Crippen LogP contribution in [-0.4, -0.2) is 24.8 Å². The number of hydrogen-bond donors (Lipinski definition) is 0. The van der Waals surface area contributed by atoms with Crippen LogP contribution in [0.5, 0.6) is 0 Å². The third-order valence-corrected chi connectivity index (χ3v) is 1.72. The summed E-state index contributed by atoms with van der Waals surface area (Å²) in [4.78, 5) is 0. The van der Waals surface area contributed by atoms with Crippen molar-refractivity contribution in [3.05, 3.63) is 0 Å². The molecule has 0 bridgehead atoms. The molecule has 10 heavy (non-hydrogen) atoms. The van der Waals surface area contributed by atoms with Gasteiger partial charge in [0.05, 0.1) is 5.38 Å². The van der Waals surface area contributed by atoms with Crippen molar-refractivity contribution in [3.63, 3.8) is 0 Å². The number of alkyl halides is 2. The Morgan fingerprint density at radius 2 is 2.10 bits per heavy atom. The standard InChI is InChI=1S/C7H14ClFO/c1-4-6(9)7(10-3)5(2)8/h5-7H,4H2,1-3H3. The van der Waals surface area contributed by atoms with E-state index >= 15 is 0 Å². The normalized spacial score (nSPS) is 20.1. The highest BCUT2D eigenvalue weighted by atomic mass is 35.5. The molecular weight excluding hydrogens is 155 g/mol. The van der Waals surface area contributed by atoms with Gasteiger partial charge < -0.3 is 4.74 Å². The van der Waals surface area contributed by atoms with Gasteiger partial charge in [0.15, 0.2) is 0 Å². The highest BCUT2D eigenvalue weighted by Crippen LogP contribution is 2.14. The highest BCUT2D eigenvalue weighted by molar-refractivity contribution is 6.20. The molecule has 1 nitrogen and oxygen atoms in total. The molecule has 0 aliphatic carbocycles.